The van der Waals surface area contributed by atoms with Crippen LogP contribution in [0, 0.1) is 0 Å². The predicted molar refractivity (Wildman–Crippen MR) is 109 cm³/mol. The van der Waals surface area contributed by atoms with Gasteiger partial charge in [-0.15, -0.1) is 0 Å². The number of nitrogens with one attached hydrogen (secondary N) is 2. The minimum absolute atomic E-state index is 0.0895. The lowest BCUT2D eigenvalue weighted by Crippen LogP contribution is -2.44. The highest BCUT2D eigenvalue weighted by Gasteiger charge is 2.25. The SMILES string of the molecule is COC(=O)C(C/C=C/CC(NC(=O)OC(C)(C)C)C(=O)OC)NC(=O)OC(C)(C)C. The largest absolute Gasteiger partial charge is 0.467 e. The molecular formula is C20H34N2O8. The number of hydrogen-bond donors (Lipinski definition) is 2. The number of rotatable bonds is 8. The summed E-state index contributed by atoms with van der Waals surface area (Å²) in [7, 11) is 2.40. The Hall–Kier alpha value is -2.78. The van der Waals surface area contributed by atoms with Crippen molar-refractivity contribution >= 4 is 24.1 Å². The van der Waals surface area contributed by atoms with Crippen LogP contribution in [-0.2, 0) is 28.5 Å². The van der Waals surface area contributed by atoms with E-state index in [1.54, 1.807) is 53.7 Å². The molecule has 2 amide bonds. The molecule has 30 heavy (non-hydrogen) atoms. The van der Waals surface area contributed by atoms with Crippen LogP contribution < -0.4 is 10.6 Å². The molecule has 0 bridgehead atoms. The maximum absolute atomic E-state index is 11.9. The van der Waals surface area contributed by atoms with E-state index < -0.39 is 47.4 Å². The third kappa shape index (κ3) is 12.6. The standard InChI is InChI=1S/C20H34N2O8/c1-19(2,3)29-17(25)21-13(15(23)27-7)11-9-10-12-14(16(24)28-8)22-18(26)30-20(4,5)6/h9-10,13-14H,11-12H2,1-8H3,(H,21,25)(H,22,26)/b10-9+. The molecule has 0 aliphatic rings. The first kappa shape index (κ1) is 27.2. The molecule has 2 N–H and O–H groups in total. The summed E-state index contributed by atoms with van der Waals surface area (Å²) < 4.78 is 19.6. The van der Waals surface area contributed by atoms with Crippen molar-refractivity contribution in [3.8, 4) is 0 Å². The monoisotopic (exact) mass is 430 g/mol. The van der Waals surface area contributed by atoms with Gasteiger partial charge in [0.25, 0.3) is 0 Å². The predicted octanol–water partition coefficient (Wildman–Crippen LogP) is 2.46. The van der Waals surface area contributed by atoms with E-state index in [0.717, 1.165) is 0 Å². The summed E-state index contributed by atoms with van der Waals surface area (Å²) in [5, 5.41) is 4.87. The fourth-order valence-electron chi connectivity index (χ4n) is 2.08. The highest BCUT2D eigenvalue weighted by molar-refractivity contribution is 5.82. The molecule has 0 rings (SSSR count). The third-order valence-electron chi connectivity index (χ3n) is 3.26. The van der Waals surface area contributed by atoms with Crippen molar-refractivity contribution in [3.05, 3.63) is 12.2 Å². The van der Waals surface area contributed by atoms with Gasteiger partial charge in [0.15, 0.2) is 0 Å². The summed E-state index contributed by atoms with van der Waals surface area (Å²) in [5.41, 5.74) is -1.44. The summed E-state index contributed by atoms with van der Waals surface area (Å²) in [6.45, 7) is 10.2. The van der Waals surface area contributed by atoms with Crippen LogP contribution >= 0.6 is 0 Å². The normalized spacial score (nSPS) is 13.7. The van der Waals surface area contributed by atoms with E-state index in [1.165, 1.54) is 14.2 Å². The topological polar surface area (TPSA) is 129 Å². The first-order valence-corrected chi connectivity index (χ1v) is 9.48. The molecule has 10 nitrogen and oxygen atoms in total. The minimum atomic E-state index is -0.975. The van der Waals surface area contributed by atoms with E-state index in [1.807, 2.05) is 0 Å². The van der Waals surface area contributed by atoms with E-state index in [9.17, 15) is 19.2 Å². The van der Waals surface area contributed by atoms with E-state index in [4.69, 9.17) is 9.47 Å². The first-order valence-electron chi connectivity index (χ1n) is 9.48. The number of carbonyl (C=O) groups excluding carboxylic acids is 4. The van der Waals surface area contributed by atoms with Crippen LogP contribution in [0.25, 0.3) is 0 Å². The fraction of sp³-hybridized carbons (Fsp3) is 0.700. The van der Waals surface area contributed by atoms with Crippen molar-refractivity contribution < 1.29 is 38.1 Å². The molecule has 0 aromatic carbocycles. The number of hydrogen-bond acceptors (Lipinski definition) is 8. The Morgan fingerprint density at radius 3 is 1.23 bits per heavy atom. The van der Waals surface area contributed by atoms with Gasteiger partial charge in [-0.2, -0.15) is 0 Å². The average molecular weight is 430 g/mol. The molecule has 0 radical (unpaired) electrons. The molecule has 0 spiro atoms. The van der Waals surface area contributed by atoms with Crippen LogP contribution in [0.15, 0.2) is 12.2 Å². The van der Waals surface area contributed by atoms with Crippen molar-refractivity contribution in [1.29, 1.82) is 0 Å². The van der Waals surface area contributed by atoms with E-state index >= 15 is 0 Å². The van der Waals surface area contributed by atoms with Gasteiger partial charge in [-0.3, -0.25) is 0 Å². The van der Waals surface area contributed by atoms with Gasteiger partial charge in [-0.05, 0) is 54.4 Å². The van der Waals surface area contributed by atoms with Gasteiger partial charge in [-0.1, -0.05) is 12.2 Å². The van der Waals surface area contributed by atoms with E-state index in [2.05, 4.69) is 20.1 Å². The second-order valence-corrected chi connectivity index (χ2v) is 8.39. The number of methoxy groups -OCH3 is 2. The lowest BCUT2D eigenvalue weighted by atomic mass is 10.1. The number of alkyl carbamates (subject to hydrolysis) is 2. The molecule has 0 aromatic heterocycles. The number of ether oxygens (including phenoxy) is 4. The molecule has 0 saturated heterocycles. The Morgan fingerprint density at radius 2 is 1.00 bits per heavy atom. The van der Waals surface area contributed by atoms with Crippen molar-refractivity contribution in [3.63, 3.8) is 0 Å². The zero-order chi connectivity index (χ0) is 23.5. The van der Waals surface area contributed by atoms with Crippen LogP contribution in [0.3, 0.4) is 0 Å². The van der Waals surface area contributed by atoms with Gasteiger partial charge in [0.2, 0.25) is 0 Å². The quantitative estimate of drug-likeness (QED) is 0.341. The summed E-state index contributed by atoms with van der Waals surface area (Å²) in [4.78, 5) is 47.6. The summed E-state index contributed by atoms with van der Waals surface area (Å²) in [6.07, 6.45) is 1.81. The van der Waals surface area contributed by atoms with Crippen molar-refractivity contribution in [2.75, 3.05) is 14.2 Å². The molecule has 2 unspecified atom stereocenters. The lowest BCUT2D eigenvalue weighted by molar-refractivity contribution is -0.143. The van der Waals surface area contributed by atoms with E-state index in [-0.39, 0.29) is 12.8 Å². The van der Waals surface area contributed by atoms with Crippen LogP contribution in [0.2, 0.25) is 0 Å². The number of amides is 2. The minimum Gasteiger partial charge on any atom is -0.467 e. The molecule has 172 valence electrons. The maximum atomic E-state index is 11.9. The van der Waals surface area contributed by atoms with Gasteiger partial charge in [0.05, 0.1) is 14.2 Å². The van der Waals surface area contributed by atoms with Crippen molar-refractivity contribution in [2.45, 2.75) is 77.7 Å². The van der Waals surface area contributed by atoms with Gasteiger partial charge in [0.1, 0.15) is 23.3 Å². The van der Waals surface area contributed by atoms with Crippen LogP contribution in [0.1, 0.15) is 54.4 Å². The molecule has 2 atom stereocenters. The molecule has 0 aliphatic carbocycles. The molecular weight excluding hydrogens is 396 g/mol. The summed E-state index contributed by atoms with van der Waals surface area (Å²) in [6, 6.07) is -1.95. The molecule has 0 fully saturated rings. The number of carbonyl (C=O) groups is 4. The second-order valence-electron chi connectivity index (χ2n) is 8.39. The molecule has 0 aliphatic heterocycles. The summed E-state index contributed by atoms with van der Waals surface area (Å²) >= 11 is 0. The maximum Gasteiger partial charge on any atom is 0.408 e. The van der Waals surface area contributed by atoms with Gasteiger partial charge in [0, 0.05) is 0 Å². The average Bonchev–Trinajstić information content (AvgIpc) is 2.58. The highest BCUT2D eigenvalue weighted by atomic mass is 16.6. The Kier molecular flexibility index (Phi) is 10.9. The Balaban J connectivity index is 4.95. The Labute approximate surface area is 177 Å². The van der Waals surface area contributed by atoms with Crippen LogP contribution in [0.4, 0.5) is 9.59 Å². The zero-order valence-corrected chi connectivity index (χ0v) is 19.0. The van der Waals surface area contributed by atoms with Crippen LogP contribution in [0.5, 0.6) is 0 Å². The highest BCUT2D eigenvalue weighted by Crippen LogP contribution is 2.09. The van der Waals surface area contributed by atoms with Crippen molar-refractivity contribution in [2.24, 2.45) is 0 Å². The third-order valence-corrected chi connectivity index (χ3v) is 3.26. The second kappa shape index (κ2) is 12.0. The Morgan fingerprint density at radius 1 is 0.700 bits per heavy atom. The Bertz CT molecular complexity index is 578. The number of esters is 2. The zero-order valence-electron chi connectivity index (χ0n) is 19.0. The lowest BCUT2D eigenvalue weighted by Gasteiger charge is -2.22. The fourth-order valence-corrected chi connectivity index (χ4v) is 2.08. The first-order chi connectivity index (χ1) is 13.7. The molecule has 10 heteroatoms. The molecule has 0 saturated carbocycles. The molecule has 0 heterocycles. The molecule has 0 aromatic rings. The van der Waals surface area contributed by atoms with Crippen molar-refractivity contribution in [1.82, 2.24) is 10.6 Å². The van der Waals surface area contributed by atoms with Gasteiger partial charge in [-0.25, -0.2) is 19.2 Å². The van der Waals surface area contributed by atoms with Crippen LogP contribution in [-0.4, -0.2) is 61.6 Å². The smallest absolute Gasteiger partial charge is 0.408 e. The summed E-state index contributed by atoms with van der Waals surface area (Å²) in [5.74, 6) is -1.30. The van der Waals surface area contributed by atoms with E-state index in [0.29, 0.717) is 0 Å². The van der Waals surface area contributed by atoms with Gasteiger partial charge >= 0.3 is 24.1 Å². The van der Waals surface area contributed by atoms with Gasteiger partial charge < -0.3 is 29.6 Å².